The molecule has 4 aromatic carbocycles. The number of aromatic hydroxyl groups is 2. The van der Waals surface area contributed by atoms with Gasteiger partial charge in [0.25, 0.3) is 20.0 Å². The van der Waals surface area contributed by atoms with Gasteiger partial charge in [0, 0.05) is 12.4 Å². The molecule has 0 saturated heterocycles. The van der Waals surface area contributed by atoms with Crippen LogP contribution in [0.2, 0.25) is 0 Å². The predicted octanol–water partition coefficient (Wildman–Crippen LogP) is 7.40. The van der Waals surface area contributed by atoms with Crippen LogP contribution in [0.1, 0.15) is 20.7 Å². The molecule has 0 aliphatic carbocycles. The average molecular weight is 797 g/mol. The van der Waals surface area contributed by atoms with Crippen molar-refractivity contribution in [1.82, 2.24) is 9.97 Å². The molecule has 18 nitrogen and oxygen atoms in total. The van der Waals surface area contributed by atoms with Gasteiger partial charge in [-0.2, -0.15) is 20.5 Å². The zero-order valence-corrected chi connectivity index (χ0v) is 30.1. The summed E-state index contributed by atoms with van der Waals surface area (Å²) in [7, 11) is -7.59. The van der Waals surface area contributed by atoms with Crippen molar-refractivity contribution in [3.63, 3.8) is 0 Å². The van der Waals surface area contributed by atoms with Gasteiger partial charge in [-0.05, 0) is 109 Å². The van der Waals surface area contributed by atoms with Gasteiger partial charge in [-0.15, -0.1) is 0 Å². The van der Waals surface area contributed by atoms with Crippen molar-refractivity contribution in [1.29, 1.82) is 0 Å². The normalized spacial score (nSPS) is 11.4. The number of hydrogen-bond acceptors (Lipinski definition) is 14. The maximum Gasteiger partial charge on any atom is 0.339 e. The number of nitrogens with one attached hydrogen (secondary N) is 2. The summed E-state index contributed by atoms with van der Waals surface area (Å²) < 4.78 is 54.1. The molecule has 6 rings (SSSR count). The first-order chi connectivity index (χ1) is 26.7. The number of carboxylic acids is 2. The molecule has 6 N–H and O–H groups in total. The molecule has 0 radical (unpaired) electrons. The monoisotopic (exact) mass is 796 g/mol. The number of sulfonamides is 2. The summed E-state index contributed by atoms with van der Waals surface area (Å²) in [5.41, 5.74) is 0.591. The fourth-order valence-electron chi connectivity index (χ4n) is 4.37. The average Bonchev–Trinajstić information content (AvgIpc) is 3.18. The lowest BCUT2D eigenvalue weighted by Crippen LogP contribution is -2.13. The standard InChI is InChI=1S/2C18H14N4O5S/c2*23-16-9-6-13(11-15(16)18(24)25)21-20-12-4-7-14(8-5-12)28(26,27)22-17-3-1-2-10-19-17/h2*1-11,23H,(H,19,22)(H,24,25). The molecule has 0 aliphatic rings. The van der Waals surface area contributed by atoms with E-state index < -0.39 is 32.0 Å². The SMILES string of the molecule is O=C(O)c1cc(N=Nc2ccc(S(=O)(=O)Nc3ccccn3)cc2)ccc1O.O=C(O)c1cc(N=Nc2ccc(S(=O)(=O)Nc3ccccn3)cc2)ccc1O. The third kappa shape index (κ3) is 10.7. The van der Waals surface area contributed by atoms with Gasteiger partial charge in [0.05, 0.1) is 32.5 Å². The van der Waals surface area contributed by atoms with Crippen molar-refractivity contribution in [2.24, 2.45) is 20.5 Å². The smallest absolute Gasteiger partial charge is 0.339 e. The minimum atomic E-state index is -3.79. The maximum absolute atomic E-state index is 12.3. The first-order valence-electron chi connectivity index (χ1n) is 15.7. The summed E-state index contributed by atoms with van der Waals surface area (Å²) in [4.78, 5) is 29.9. The van der Waals surface area contributed by atoms with Crippen LogP contribution in [0.25, 0.3) is 0 Å². The third-order valence-electron chi connectivity index (χ3n) is 7.08. The number of nitrogens with zero attached hydrogens (tertiary/aromatic N) is 6. The summed E-state index contributed by atoms with van der Waals surface area (Å²) in [6.07, 6.45) is 2.95. The van der Waals surface area contributed by atoms with Crippen molar-refractivity contribution < 1.29 is 46.9 Å². The third-order valence-corrected chi connectivity index (χ3v) is 9.83. The van der Waals surface area contributed by atoms with Crippen LogP contribution in [-0.2, 0) is 20.0 Å². The number of carboxylic acid groups (broad SMARTS) is 2. The van der Waals surface area contributed by atoms with Crippen LogP contribution in [0, 0.1) is 0 Å². The minimum absolute atomic E-state index is 0.0231. The highest BCUT2D eigenvalue weighted by Crippen LogP contribution is 2.27. The number of anilines is 2. The second-order valence-electron chi connectivity index (χ2n) is 11.0. The van der Waals surface area contributed by atoms with Crippen LogP contribution in [0.5, 0.6) is 11.5 Å². The Balaban J connectivity index is 0.000000214. The fourth-order valence-corrected chi connectivity index (χ4v) is 6.39. The number of carbonyl (C=O) groups is 2. The van der Waals surface area contributed by atoms with E-state index in [4.69, 9.17) is 10.2 Å². The Labute approximate surface area is 318 Å². The van der Waals surface area contributed by atoms with Crippen molar-refractivity contribution in [3.05, 3.63) is 145 Å². The van der Waals surface area contributed by atoms with E-state index >= 15 is 0 Å². The molecule has 0 bridgehead atoms. The van der Waals surface area contributed by atoms with Crippen molar-refractivity contribution in [2.45, 2.75) is 9.79 Å². The molecule has 0 aliphatic heterocycles. The highest BCUT2D eigenvalue weighted by Gasteiger charge is 2.16. The Morgan fingerprint density at radius 1 is 0.482 bits per heavy atom. The van der Waals surface area contributed by atoms with E-state index in [1.807, 2.05) is 0 Å². The van der Waals surface area contributed by atoms with Crippen molar-refractivity contribution >= 4 is 66.4 Å². The number of hydrogen-bond donors (Lipinski definition) is 6. The largest absolute Gasteiger partial charge is 0.507 e. The molecule has 0 unspecified atom stereocenters. The summed E-state index contributed by atoms with van der Waals surface area (Å²) in [6, 6.07) is 28.6. The predicted molar refractivity (Wildman–Crippen MR) is 201 cm³/mol. The minimum Gasteiger partial charge on any atom is -0.507 e. The highest BCUT2D eigenvalue weighted by molar-refractivity contribution is 7.93. The van der Waals surface area contributed by atoms with Crippen LogP contribution in [0.3, 0.4) is 0 Å². The Kier molecular flexibility index (Phi) is 12.4. The van der Waals surface area contributed by atoms with E-state index in [0.29, 0.717) is 11.4 Å². The number of pyridine rings is 2. The number of benzene rings is 4. The summed E-state index contributed by atoms with van der Waals surface area (Å²) in [5.74, 6) is -2.92. The molecular weight excluding hydrogens is 769 g/mol. The van der Waals surface area contributed by atoms with E-state index in [2.05, 4.69) is 39.9 Å². The van der Waals surface area contributed by atoms with Crippen molar-refractivity contribution in [2.75, 3.05) is 9.44 Å². The summed E-state index contributed by atoms with van der Waals surface area (Å²) in [5, 5.41) is 52.6. The first-order valence-corrected chi connectivity index (χ1v) is 18.7. The summed E-state index contributed by atoms with van der Waals surface area (Å²) >= 11 is 0. The van der Waals surface area contributed by atoms with Crippen LogP contribution in [0.15, 0.2) is 164 Å². The molecule has 0 amide bonds. The van der Waals surface area contributed by atoms with Crippen LogP contribution >= 0.6 is 0 Å². The quantitative estimate of drug-likeness (QED) is 0.0661. The Hall–Kier alpha value is -7.58. The molecule has 0 atom stereocenters. The number of aromatic nitrogens is 2. The van der Waals surface area contributed by atoms with Gasteiger partial charge < -0.3 is 20.4 Å². The first kappa shape index (κ1) is 39.6. The van der Waals surface area contributed by atoms with Gasteiger partial charge in [-0.25, -0.2) is 36.4 Å². The molecule has 0 spiro atoms. The molecule has 2 aromatic heterocycles. The van der Waals surface area contributed by atoms with Gasteiger partial charge in [-0.1, -0.05) is 12.1 Å². The van der Waals surface area contributed by atoms with E-state index in [1.165, 1.54) is 109 Å². The molecule has 6 aromatic rings. The van der Waals surface area contributed by atoms with Gasteiger partial charge >= 0.3 is 11.9 Å². The highest BCUT2D eigenvalue weighted by atomic mass is 32.2. The molecule has 0 fully saturated rings. The van der Waals surface area contributed by atoms with E-state index in [1.54, 1.807) is 24.3 Å². The van der Waals surface area contributed by atoms with Gasteiger partial charge in [0.2, 0.25) is 0 Å². The Morgan fingerprint density at radius 3 is 1.14 bits per heavy atom. The van der Waals surface area contributed by atoms with E-state index in [9.17, 15) is 36.6 Å². The maximum atomic E-state index is 12.3. The number of rotatable bonds is 12. The molecule has 56 heavy (non-hydrogen) atoms. The van der Waals surface area contributed by atoms with Crippen molar-refractivity contribution in [3.8, 4) is 11.5 Å². The lowest BCUT2D eigenvalue weighted by molar-refractivity contribution is 0.0682. The van der Waals surface area contributed by atoms with Crippen LogP contribution in [-0.4, -0.2) is 59.2 Å². The molecule has 0 saturated carbocycles. The van der Waals surface area contributed by atoms with Gasteiger partial charge in [-0.3, -0.25) is 9.44 Å². The number of phenols is 2. The molecule has 284 valence electrons. The number of aromatic carboxylic acids is 2. The van der Waals surface area contributed by atoms with E-state index in [-0.39, 0.29) is 55.4 Å². The number of azo groups is 2. The summed E-state index contributed by atoms with van der Waals surface area (Å²) in [6.45, 7) is 0. The topological polar surface area (TPSA) is 283 Å². The second kappa shape index (κ2) is 17.5. The Morgan fingerprint density at radius 2 is 0.821 bits per heavy atom. The van der Waals surface area contributed by atoms with E-state index in [0.717, 1.165) is 0 Å². The van der Waals surface area contributed by atoms with Crippen LogP contribution < -0.4 is 9.44 Å². The lowest BCUT2D eigenvalue weighted by atomic mass is 10.2. The van der Waals surface area contributed by atoms with Gasteiger partial charge in [0.15, 0.2) is 0 Å². The zero-order chi connectivity index (χ0) is 40.3. The molecule has 2 heterocycles. The zero-order valence-electron chi connectivity index (χ0n) is 28.4. The fraction of sp³-hybridized carbons (Fsp3) is 0. The second-order valence-corrected chi connectivity index (χ2v) is 14.4. The lowest BCUT2D eigenvalue weighted by Gasteiger charge is -2.07. The van der Waals surface area contributed by atoms with Crippen LogP contribution in [0.4, 0.5) is 34.4 Å². The molecular formula is C36H28N8O10S2. The van der Waals surface area contributed by atoms with Gasteiger partial charge in [0.1, 0.15) is 34.3 Å². The molecule has 20 heteroatoms. The Bertz CT molecular complexity index is 2450.